The standard InChI is InChI=1S/C19H15FN4/c20-15-4-1-3-13(11-15)19-18(16-5-2-9-24(16)22-19)14-6-7-17-21-8-10-23(17)12-14/h1,3-4,6-8,10-12H,2,5,9H2. The number of hydrogen-bond acceptors (Lipinski definition) is 2. The molecule has 4 heterocycles. The highest BCUT2D eigenvalue weighted by Crippen LogP contribution is 2.37. The number of hydrogen-bond donors (Lipinski definition) is 0. The van der Waals surface area contributed by atoms with Gasteiger partial charge in [-0.05, 0) is 37.1 Å². The number of benzene rings is 1. The maximum atomic E-state index is 13.7. The van der Waals surface area contributed by atoms with E-state index < -0.39 is 0 Å². The Morgan fingerprint density at radius 1 is 1.08 bits per heavy atom. The number of imidazole rings is 1. The van der Waals surface area contributed by atoms with E-state index in [0.717, 1.165) is 47.4 Å². The molecule has 0 fully saturated rings. The van der Waals surface area contributed by atoms with Crippen molar-refractivity contribution in [2.45, 2.75) is 19.4 Å². The number of pyridine rings is 1. The predicted molar refractivity (Wildman–Crippen MR) is 90.1 cm³/mol. The van der Waals surface area contributed by atoms with Crippen LogP contribution >= 0.6 is 0 Å². The van der Waals surface area contributed by atoms with E-state index in [1.807, 2.05) is 22.7 Å². The molecule has 0 saturated heterocycles. The summed E-state index contributed by atoms with van der Waals surface area (Å²) in [6, 6.07) is 10.7. The van der Waals surface area contributed by atoms with Crippen LogP contribution in [0.2, 0.25) is 0 Å². The third-order valence-electron chi connectivity index (χ3n) is 4.62. The summed E-state index contributed by atoms with van der Waals surface area (Å²) in [5.74, 6) is -0.239. The Morgan fingerprint density at radius 2 is 2.04 bits per heavy atom. The van der Waals surface area contributed by atoms with Crippen molar-refractivity contribution >= 4 is 5.65 Å². The maximum Gasteiger partial charge on any atom is 0.136 e. The molecule has 0 amide bonds. The largest absolute Gasteiger partial charge is 0.306 e. The summed E-state index contributed by atoms with van der Waals surface area (Å²) in [5, 5.41) is 4.77. The van der Waals surface area contributed by atoms with Crippen LogP contribution in [-0.2, 0) is 13.0 Å². The van der Waals surface area contributed by atoms with Gasteiger partial charge in [-0.15, -0.1) is 0 Å². The molecule has 1 aliphatic heterocycles. The molecule has 0 spiro atoms. The zero-order chi connectivity index (χ0) is 16.1. The lowest BCUT2D eigenvalue weighted by atomic mass is 9.99. The molecule has 4 aromatic rings. The number of nitrogens with zero attached hydrogens (tertiary/aromatic N) is 4. The molecule has 0 N–H and O–H groups in total. The van der Waals surface area contributed by atoms with Crippen LogP contribution in [0.15, 0.2) is 55.0 Å². The summed E-state index contributed by atoms with van der Waals surface area (Å²) in [6.45, 7) is 0.922. The molecule has 0 bridgehead atoms. The van der Waals surface area contributed by atoms with Crippen molar-refractivity contribution in [3.63, 3.8) is 0 Å². The van der Waals surface area contributed by atoms with Gasteiger partial charge in [0.15, 0.2) is 0 Å². The Bertz CT molecular complexity index is 1060. The van der Waals surface area contributed by atoms with Crippen molar-refractivity contribution in [1.82, 2.24) is 19.2 Å². The van der Waals surface area contributed by atoms with Gasteiger partial charge >= 0.3 is 0 Å². The Kier molecular flexibility index (Phi) is 2.82. The summed E-state index contributed by atoms with van der Waals surface area (Å²) in [7, 11) is 0. The van der Waals surface area contributed by atoms with E-state index in [1.165, 1.54) is 11.8 Å². The minimum absolute atomic E-state index is 0.239. The normalized spacial score (nSPS) is 13.5. The van der Waals surface area contributed by atoms with Crippen LogP contribution in [0.3, 0.4) is 0 Å². The quantitative estimate of drug-likeness (QED) is 0.561. The SMILES string of the molecule is Fc1cccc(-c2nn3c(c2-c2ccc4nccn4c2)CCC3)c1. The lowest BCUT2D eigenvalue weighted by Gasteiger charge is -2.07. The van der Waals surface area contributed by atoms with Gasteiger partial charge in [-0.2, -0.15) is 5.10 Å². The first kappa shape index (κ1) is 13.5. The number of aryl methyl sites for hydroxylation is 1. The van der Waals surface area contributed by atoms with E-state index in [0.29, 0.717) is 0 Å². The second kappa shape index (κ2) is 5.03. The van der Waals surface area contributed by atoms with Gasteiger partial charge in [-0.1, -0.05) is 12.1 Å². The van der Waals surface area contributed by atoms with Crippen LogP contribution in [-0.4, -0.2) is 19.2 Å². The van der Waals surface area contributed by atoms with Crippen LogP contribution in [0, 0.1) is 5.82 Å². The zero-order valence-corrected chi connectivity index (χ0v) is 13.0. The van der Waals surface area contributed by atoms with Gasteiger partial charge < -0.3 is 4.40 Å². The summed E-state index contributed by atoms with van der Waals surface area (Å²) >= 11 is 0. The molecule has 3 aromatic heterocycles. The monoisotopic (exact) mass is 318 g/mol. The molecule has 5 rings (SSSR count). The van der Waals surface area contributed by atoms with Crippen molar-refractivity contribution in [2.75, 3.05) is 0 Å². The van der Waals surface area contributed by atoms with Gasteiger partial charge in [0.1, 0.15) is 17.2 Å². The van der Waals surface area contributed by atoms with Crippen LogP contribution in [0.25, 0.3) is 28.0 Å². The summed E-state index contributed by atoms with van der Waals surface area (Å²) in [5.41, 5.74) is 6.00. The Labute approximate surface area is 138 Å². The van der Waals surface area contributed by atoms with Crippen LogP contribution < -0.4 is 0 Å². The van der Waals surface area contributed by atoms with E-state index in [2.05, 4.69) is 21.9 Å². The molecular formula is C19H15FN4. The highest BCUT2D eigenvalue weighted by Gasteiger charge is 2.24. The highest BCUT2D eigenvalue weighted by atomic mass is 19.1. The van der Waals surface area contributed by atoms with Crippen LogP contribution in [0.5, 0.6) is 0 Å². The fraction of sp³-hybridized carbons (Fsp3) is 0.158. The smallest absolute Gasteiger partial charge is 0.136 e. The van der Waals surface area contributed by atoms with E-state index in [-0.39, 0.29) is 5.82 Å². The minimum atomic E-state index is -0.239. The van der Waals surface area contributed by atoms with Gasteiger partial charge in [-0.3, -0.25) is 4.68 Å². The van der Waals surface area contributed by atoms with E-state index in [1.54, 1.807) is 18.3 Å². The molecule has 1 aromatic carbocycles. The fourth-order valence-electron chi connectivity index (χ4n) is 3.54. The molecule has 4 nitrogen and oxygen atoms in total. The third-order valence-corrected chi connectivity index (χ3v) is 4.62. The van der Waals surface area contributed by atoms with Crippen molar-refractivity contribution in [1.29, 1.82) is 0 Å². The third kappa shape index (κ3) is 1.98. The van der Waals surface area contributed by atoms with Crippen molar-refractivity contribution in [2.24, 2.45) is 0 Å². The van der Waals surface area contributed by atoms with Gasteiger partial charge in [0, 0.05) is 47.5 Å². The molecular weight excluding hydrogens is 303 g/mol. The first-order valence-electron chi connectivity index (χ1n) is 8.08. The lowest BCUT2D eigenvalue weighted by molar-refractivity contribution is 0.627. The summed E-state index contributed by atoms with van der Waals surface area (Å²) in [4.78, 5) is 4.30. The van der Waals surface area contributed by atoms with Crippen molar-refractivity contribution in [3.05, 3.63) is 66.5 Å². The van der Waals surface area contributed by atoms with Crippen LogP contribution in [0.4, 0.5) is 4.39 Å². The second-order valence-corrected chi connectivity index (χ2v) is 6.12. The average molecular weight is 318 g/mol. The van der Waals surface area contributed by atoms with E-state index in [4.69, 9.17) is 5.10 Å². The molecule has 118 valence electrons. The van der Waals surface area contributed by atoms with E-state index in [9.17, 15) is 4.39 Å². The molecule has 0 saturated carbocycles. The molecule has 24 heavy (non-hydrogen) atoms. The number of fused-ring (bicyclic) bond motifs is 2. The second-order valence-electron chi connectivity index (χ2n) is 6.12. The molecule has 0 aliphatic carbocycles. The Hall–Kier alpha value is -2.95. The van der Waals surface area contributed by atoms with Crippen molar-refractivity contribution in [3.8, 4) is 22.4 Å². The van der Waals surface area contributed by atoms with Gasteiger partial charge in [0.2, 0.25) is 0 Å². The summed E-state index contributed by atoms with van der Waals surface area (Å²) in [6.07, 6.45) is 7.90. The Balaban J connectivity index is 1.77. The predicted octanol–water partition coefficient (Wildman–Crippen LogP) is 3.95. The number of aromatic nitrogens is 4. The lowest BCUT2D eigenvalue weighted by Crippen LogP contribution is -1.94. The van der Waals surface area contributed by atoms with Crippen molar-refractivity contribution < 1.29 is 4.39 Å². The zero-order valence-electron chi connectivity index (χ0n) is 13.0. The molecule has 1 aliphatic rings. The molecule has 0 radical (unpaired) electrons. The molecule has 5 heteroatoms. The van der Waals surface area contributed by atoms with Crippen LogP contribution in [0.1, 0.15) is 12.1 Å². The van der Waals surface area contributed by atoms with E-state index >= 15 is 0 Å². The number of rotatable bonds is 2. The first-order valence-corrected chi connectivity index (χ1v) is 8.08. The minimum Gasteiger partial charge on any atom is -0.306 e. The summed E-state index contributed by atoms with van der Waals surface area (Å²) < 4.78 is 17.8. The molecule has 0 atom stereocenters. The fourth-order valence-corrected chi connectivity index (χ4v) is 3.54. The highest BCUT2D eigenvalue weighted by molar-refractivity contribution is 5.83. The topological polar surface area (TPSA) is 35.1 Å². The number of halogens is 1. The van der Waals surface area contributed by atoms with Gasteiger partial charge in [0.25, 0.3) is 0 Å². The van der Waals surface area contributed by atoms with Gasteiger partial charge in [0.05, 0.1) is 0 Å². The molecule has 0 unspecified atom stereocenters. The Morgan fingerprint density at radius 3 is 2.96 bits per heavy atom. The van der Waals surface area contributed by atoms with Gasteiger partial charge in [-0.25, -0.2) is 9.37 Å². The average Bonchev–Trinajstić information content (AvgIpc) is 3.29. The first-order chi connectivity index (χ1) is 11.8. The maximum absolute atomic E-state index is 13.7.